The highest BCUT2D eigenvalue weighted by atomic mass is 32.2. The summed E-state index contributed by atoms with van der Waals surface area (Å²) in [6, 6.07) is 14.5. The summed E-state index contributed by atoms with van der Waals surface area (Å²) in [4.78, 5) is 27.5. The van der Waals surface area contributed by atoms with Crippen LogP contribution in [0.1, 0.15) is 11.3 Å². The summed E-state index contributed by atoms with van der Waals surface area (Å²) < 4.78 is 11.8. The lowest BCUT2D eigenvalue weighted by Gasteiger charge is -2.09. The number of ether oxygens (including phenoxy) is 2. The highest BCUT2D eigenvalue weighted by Crippen LogP contribution is 2.24. The molecular formula is C21H20N6O4S. The fraction of sp³-hybridized carbons (Fsp3) is 0.190. The van der Waals surface area contributed by atoms with Gasteiger partial charge >= 0.3 is 0 Å². The quantitative estimate of drug-likeness (QED) is 0.390. The number of nitrogens with one attached hydrogen (secondary N) is 2. The molecule has 4 rings (SSSR count). The van der Waals surface area contributed by atoms with E-state index in [1.165, 1.54) is 11.6 Å². The lowest BCUT2D eigenvalue weighted by atomic mass is 10.1. The summed E-state index contributed by atoms with van der Waals surface area (Å²) in [7, 11) is 3.13. The summed E-state index contributed by atoms with van der Waals surface area (Å²) >= 11 is 1.16. The number of rotatable bonds is 8. The Bertz CT molecular complexity index is 1300. The number of hydrogen-bond donors (Lipinski definition) is 2. The Morgan fingerprint density at radius 1 is 1.09 bits per heavy atom. The minimum atomic E-state index is -0.341. The van der Waals surface area contributed by atoms with E-state index in [-0.39, 0.29) is 23.0 Å². The highest BCUT2D eigenvalue weighted by molar-refractivity contribution is 7.99. The largest absolute Gasteiger partial charge is 0.497 e. The Labute approximate surface area is 187 Å². The third-order valence-electron chi connectivity index (χ3n) is 4.56. The minimum Gasteiger partial charge on any atom is -0.497 e. The molecule has 2 heterocycles. The fourth-order valence-electron chi connectivity index (χ4n) is 2.98. The smallest absolute Gasteiger partial charge is 0.274 e. The first-order chi connectivity index (χ1) is 15.6. The fourth-order valence-corrected chi connectivity index (χ4v) is 3.66. The SMILES string of the molecule is COc1ccc(Cc2nn3c(SCC(=O)Nc4ccccc4OC)nnc3[nH]c2=O)cc1. The molecule has 0 bridgehead atoms. The van der Waals surface area contributed by atoms with Crippen molar-refractivity contribution in [2.75, 3.05) is 25.3 Å². The van der Waals surface area contributed by atoms with Crippen LogP contribution in [0.5, 0.6) is 11.5 Å². The molecule has 0 aliphatic carbocycles. The molecule has 10 nitrogen and oxygen atoms in total. The molecule has 2 N–H and O–H groups in total. The van der Waals surface area contributed by atoms with E-state index in [0.717, 1.165) is 23.1 Å². The van der Waals surface area contributed by atoms with Crippen LogP contribution >= 0.6 is 11.8 Å². The van der Waals surface area contributed by atoms with Crippen molar-refractivity contribution >= 4 is 29.1 Å². The van der Waals surface area contributed by atoms with Crippen molar-refractivity contribution in [3.05, 3.63) is 70.1 Å². The average molecular weight is 452 g/mol. The van der Waals surface area contributed by atoms with E-state index in [1.807, 2.05) is 36.4 Å². The topological polar surface area (TPSA) is 124 Å². The number of carbonyl (C=O) groups is 1. The number of amides is 1. The Morgan fingerprint density at radius 3 is 2.62 bits per heavy atom. The molecule has 0 saturated carbocycles. The summed E-state index contributed by atoms with van der Waals surface area (Å²) in [5.41, 5.74) is 1.45. The minimum absolute atomic E-state index is 0.0768. The van der Waals surface area contributed by atoms with Crippen LogP contribution in [-0.2, 0) is 11.2 Å². The van der Waals surface area contributed by atoms with Gasteiger partial charge in [-0.2, -0.15) is 9.61 Å². The van der Waals surface area contributed by atoms with Crippen LogP contribution in [0.2, 0.25) is 0 Å². The van der Waals surface area contributed by atoms with E-state index in [1.54, 1.807) is 19.2 Å². The second kappa shape index (κ2) is 9.52. The van der Waals surface area contributed by atoms with Crippen LogP contribution in [-0.4, -0.2) is 50.7 Å². The van der Waals surface area contributed by atoms with Gasteiger partial charge in [-0.1, -0.05) is 36.0 Å². The molecule has 2 aromatic heterocycles. The Hall–Kier alpha value is -3.86. The standard InChI is InChI=1S/C21H20N6O4S/c1-30-14-9-7-13(8-10-14)11-16-19(29)23-20-24-25-21(27(20)26-16)32-12-18(28)22-15-5-3-4-6-17(15)31-2/h3-10H,11-12H2,1-2H3,(H,22,28)(H,23,24,29). The van der Waals surface area contributed by atoms with Crippen molar-refractivity contribution in [2.24, 2.45) is 0 Å². The van der Waals surface area contributed by atoms with Gasteiger partial charge in [0, 0.05) is 6.42 Å². The van der Waals surface area contributed by atoms with Crippen molar-refractivity contribution in [3.8, 4) is 11.5 Å². The third-order valence-corrected chi connectivity index (χ3v) is 5.48. The maximum Gasteiger partial charge on any atom is 0.274 e. The summed E-state index contributed by atoms with van der Waals surface area (Å²) in [5, 5.41) is 15.6. The zero-order chi connectivity index (χ0) is 22.5. The van der Waals surface area contributed by atoms with E-state index in [0.29, 0.717) is 28.7 Å². The number of nitrogens with zero attached hydrogens (tertiary/aromatic N) is 4. The Kier molecular flexibility index (Phi) is 6.36. The molecule has 0 fully saturated rings. The van der Waals surface area contributed by atoms with E-state index in [9.17, 15) is 9.59 Å². The molecule has 0 radical (unpaired) electrons. The zero-order valence-corrected chi connectivity index (χ0v) is 18.2. The number of para-hydroxylation sites is 2. The summed E-state index contributed by atoms with van der Waals surface area (Å²) in [6.45, 7) is 0. The number of benzene rings is 2. The van der Waals surface area contributed by atoms with Gasteiger partial charge in [0.05, 0.1) is 25.7 Å². The maximum absolute atomic E-state index is 12.4. The number of aromatic nitrogens is 5. The molecule has 0 unspecified atom stereocenters. The number of carbonyl (C=O) groups excluding carboxylic acids is 1. The summed E-state index contributed by atoms with van der Waals surface area (Å²) in [5.74, 6) is 1.35. The predicted octanol–water partition coefficient (Wildman–Crippen LogP) is 2.15. The van der Waals surface area contributed by atoms with Gasteiger partial charge in [0.25, 0.3) is 11.3 Å². The van der Waals surface area contributed by atoms with Gasteiger partial charge in [-0.05, 0) is 29.8 Å². The van der Waals surface area contributed by atoms with E-state index in [4.69, 9.17) is 9.47 Å². The molecule has 2 aromatic carbocycles. The first kappa shape index (κ1) is 21.4. The highest BCUT2D eigenvalue weighted by Gasteiger charge is 2.15. The Balaban J connectivity index is 1.49. The number of fused-ring (bicyclic) bond motifs is 1. The molecule has 0 aliphatic heterocycles. The Morgan fingerprint density at radius 2 is 1.88 bits per heavy atom. The molecule has 164 valence electrons. The van der Waals surface area contributed by atoms with Crippen molar-refractivity contribution in [1.29, 1.82) is 0 Å². The molecule has 0 spiro atoms. The molecule has 1 amide bonds. The van der Waals surface area contributed by atoms with Crippen molar-refractivity contribution < 1.29 is 14.3 Å². The lowest BCUT2D eigenvalue weighted by molar-refractivity contribution is -0.113. The number of anilines is 1. The van der Waals surface area contributed by atoms with Gasteiger partial charge in [0.15, 0.2) is 0 Å². The molecule has 11 heteroatoms. The van der Waals surface area contributed by atoms with Crippen LogP contribution in [0.15, 0.2) is 58.5 Å². The molecule has 4 aromatic rings. The number of thioether (sulfide) groups is 1. The van der Waals surface area contributed by atoms with Gasteiger partial charge in [0.1, 0.15) is 17.2 Å². The van der Waals surface area contributed by atoms with E-state index in [2.05, 4.69) is 25.6 Å². The molecule has 0 aliphatic rings. The first-order valence-electron chi connectivity index (χ1n) is 9.60. The lowest BCUT2D eigenvalue weighted by Crippen LogP contribution is -2.19. The zero-order valence-electron chi connectivity index (χ0n) is 17.4. The van der Waals surface area contributed by atoms with Crippen LogP contribution in [0, 0.1) is 0 Å². The van der Waals surface area contributed by atoms with Crippen LogP contribution in [0.25, 0.3) is 5.78 Å². The second-order valence-electron chi connectivity index (χ2n) is 6.68. The number of aromatic amines is 1. The van der Waals surface area contributed by atoms with Crippen LogP contribution in [0.4, 0.5) is 5.69 Å². The van der Waals surface area contributed by atoms with Gasteiger partial charge in [-0.15, -0.1) is 10.2 Å². The molecule has 0 atom stereocenters. The summed E-state index contributed by atoms with van der Waals surface area (Å²) in [6.07, 6.45) is 0.325. The van der Waals surface area contributed by atoms with Gasteiger partial charge < -0.3 is 14.8 Å². The normalized spacial score (nSPS) is 10.8. The molecule has 32 heavy (non-hydrogen) atoms. The van der Waals surface area contributed by atoms with Crippen molar-refractivity contribution in [2.45, 2.75) is 11.6 Å². The molecular weight excluding hydrogens is 432 g/mol. The molecule has 0 saturated heterocycles. The van der Waals surface area contributed by atoms with Gasteiger partial charge in [-0.25, -0.2) is 0 Å². The number of H-pyrrole nitrogens is 1. The maximum atomic E-state index is 12.4. The number of hydrogen-bond acceptors (Lipinski definition) is 8. The van der Waals surface area contributed by atoms with Crippen LogP contribution < -0.4 is 20.3 Å². The third kappa shape index (κ3) is 4.72. The average Bonchev–Trinajstić information content (AvgIpc) is 3.20. The van der Waals surface area contributed by atoms with Crippen molar-refractivity contribution in [1.82, 2.24) is 24.8 Å². The second-order valence-corrected chi connectivity index (χ2v) is 7.62. The van der Waals surface area contributed by atoms with Crippen LogP contribution in [0.3, 0.4) is 0 Å². The predicted molar refractivity (Wildman–Crippen MR) is 120 cm³/mol. The number of methoxy groups -OCH3 is 2. The van der Waals surface area contributed by atoms with E-state index < -0.39 is 0 Å². The first-order valence-corrected chi connectivity index (χ1v) is 10.6. The monoisotopic (exact) mass is 452 g/mol. The van der Waals surface area contributed by atoms with Gasteiger partial charge in [-0.3, -0.25) is 14.6 Å². The van der Waals surface area contributed by atoms with Gasteiger partial charge in [0.2, 0.25) is 11.1 Å². The van der Waals surface area contributed by atoms with Crippen molar-refractivity contribution in [3.63, 3.8) is 0 Å². The van der Waals surface area contributed by atoms with E-state index >= 15 is 0 Å².